The Hall–Kier alpha value is -0.860. The van der Waals surface area contributed by atoms with Crippen molar-refractivity contribution in [1.29, 1.82) is 0 Å². The number of rotatable bonds is 6. The Morgan fingerprint density at radius 1 is 1.18 bits per heavy atom. The second-order valence-corrected chi connectivity index (χ2v) is 5.79. The lowest BCUT2D eigenvalue weighted by molar-refractivity contribution is 0.126. The second-order valence-electron chi connectivity index (χ2n) is 4.84. The molecule has 0 aliphatic heterocycles. The summed E-state index contributed by atoms with van der Waals surface area (Å²) in [6, 6.07) is 8.88. The van der Waals surface area contributed by atoms with Crippen LogP contribution in [0.1, 0.15) is 25.8 Å². The smallest absolute Gasteiger partial charge is 0.0506 e. The van der Waals surface area contributed by atoms with Gasteiger partial charge in [-0.1, -0.05) is 26.0 Å². The van der Waals surface area contributed by atoms with E-state index in [-0.39, 0.29) is 0 Å². The summed E-state index contributed by atoms with van der Waals surface area (Å²) in [5.74, 6) is 0.733. The molecule has 0 fully saturated rings. The number of fused-ring (bicyclic) bond motifs is 1. The fourth-order valence-electron chi connectivity index (χ4n) is 1.78. The van der Waals surface area contributed by atoms with Crippen LogP contribution in [0, 0.1) is 5.92 Å². The van der Waals surface area contributed by atoms with Crippen LogP contribution in [0.15, 0.2) is 29.6 Å². The molecule has 0 N–H and O–H groups in total. The third kappa shape index (κ3) is 3.83. The summed E-state index contributed by atoms with van der Waals surface area (Å²) in [6.45, 7) is 6.18. The van der Waals surface area contributed by atoms with E-state index in [0.29, 0.717) is 0 Å². The highest BCUT2D eigenvalue weighted by Gasteiger charge is 1.98. The molecule has 1 heterocycles. The molecule has 0 amide bonds. The zero-order valence-electron chi connectivity index (χ0n) is 10.6. The third-order valence-corrected chi connectivity index (χ3v) is 3.79. The van der Waals surface area contributed by atoms with Gasteiger partial charge in [0.2, 0.25) is 0 Å². The quantitative estimate of drug-likeness (QED) is 0.684. The Bertz CT molecular complexity index is 459. The van der Waals surface area contributed by atoms with Crippen molar-refractivity contribution in [2.24, 2.45) is 5.92 Å². The molecule has 0 aliphatic rings. The zero-order valence-corrected chi connectivity index (χ0v) is 11.4. The van der Waals surface area contributed by atoms with Crippen LogP contribution < -0.4 is 0 Å². The Morgan fingerprint density at radius 3 is 2.88 bits per heavy atom. The molecule has 0 atom stereocenters. The van der Waals surface area contributed by atoms with Gasteiger partial charge in [0.15, 0.2) is 0 Å². The van der Waals surface area contributed by atoms with E-state index in [1.54, 1.807) is 11.3 Å². The maximum Gasteiger partial charge on any atom is 0.0506 e. The molecule has 0 saturated carbocycles. The maximum absolute atomic E-state index is 5.64. The summed E-state index contributed by atoms with van der Waals surface area (Å²) >= 11 is 1.80. The second kappa shape index (κ2) is 6.18. The van der Waals surface area contributed by atoms with Gasteiger partial charge in [-0.3, -0.25) is 0 Å². The summed E-state index contributed by atoms with van der Waals surface area (Å²) < 4.78 is 7.01. The van der Waals surface area contributed by atoms with E-state index in [0.717, 1.165) is 32.0 Å². The summed E-state index contributed by atoms with van der Waals surface area (Å²) in [6.07, 6.45) is 2.17. The summed E-state index contributed by atoms with van der Waals surface area (Å²) in [5, 5.41) is 3.50. The Balaban J connectivity index is 1.78. The van der Waals surface area contributed by atoms with E-state index >= 15 is 0 Å². The minimum atomic E-state index is 0.733. The highest BCUT2D eigenvalue weighted by atomic mass is 32.1. The lowest BCUT2D eigenvalue weighted by atomic mass is 10.1. The number of benzene rings is 1. The van der Waals surface area contributed by atoms with E-state index in [1.165, 1.54) is 15.6 Å². The Labute approximate surface area is 107 Å². The summed E-state index contributed by atoms with van der Waals surface area (Å²) in [5.41, 5.74) is 1.38. The molecule has 2 rings (SSSR count). The van der Waals surface area contributed by atoms with E-state index in [4.69, 9.17) is 4.74 Å². The average molecular weight is 248 g/mol. The molecular weight excluding hydrogens is 228 g/mol. The first kappa shape index (κ1) is 12.6. The van der Waals surface area contributed by atoms with Crippen molar-refractivity contribution < 1.29 is 4.74 Å². The van der Waals surface area contributed by atoms with Crippen molar-refractivity contribution >= 4 is 21.4 Å². The van der Waals surface area contributed by atoms with Gasteiger partial charge < -0.3 is 4.74 Å². The summed E-state index contributed by atoms with van der Waals surface area (Å²) in [7, 11) is 0. The third-order valence-electron chi connectivity index (χ3n) is 2.89. The van der Waals surface area contributed by atoms with Gasteiger partial charge in [-0.2, -0.15) is 0 Å². The standard InChI is InChI=1S/C15H20OS/c1-12(2)5-8-16-9-6-13-3-4-15-14(11-13)7-10-17-15/h3-4,7,10-12H,5-6,8-9H2,1-2H3. The molecule has 0 spiro atoms. The Kier molecular flexibility index (Phi) is 4.57. The predicted octanol–water partition coefficient (Wildman–Crippen LogP) is 4.51. The van der Waals surface area contributed by atoms with Crippen molar-refractivity contribution in [1.82, 2.24) is 0 Å². The normalized spacial score (nSPS) is 11.5. The van der Waals surface area contributed by atoms with Crippen LogP contribution in [0.2, 0.25) is 0 Å². The molecule has 2 aromatic rings. The van der Waals surface area contributed by atoms with Gasteiger partial charge in [-0.05, 0) is 47.2 Å². The van der Waals surface area contributed by atoms with Gasteiger partial charge in [-0.15, -0.1) is 11.3 Å². The molecule has 1 nitrogen and oxygen atoms in total. The summed E-state index contributed by atoms with van der Waals surface area (Å²) in [4.78, 5) is 0. The molecule has 92 valence electrons. The first-order chi connectivity index (χ1) is 8.25. The largest absolute Gasteiger partial charge is 0.381 e. The van der Waals surface area contributed by atoms with Crippen molar-refractivity contribution in [3.05, 3.63) is 35.2 Å². The number of thiophene rings is 1. The van der Waals surface area contributed by atoms with Crippen LogP contribution >= 0.6 is 11.3 Å². The molecule has 2 heteroatoms. The van der Waals surface area contributed by atoms with Crippen LogP contribution in [-0.4, -0.2) is 13.2 Å². The Morgan fingerprint density at radius 2 is 2.06 bits per heavy atom. The number of hydrogen-bond donors (Lipinski definition) is 0. The van der Waals surface area contributed by atoms with Crippen molar-refractivity contribution in [3.63, 3.8) is 0 Å². The SMILES string of the molecule is CC(C)CCOCCc1ccc2sccc2c1. The van der Waals surface area contributed by atoms with E-state index in [9.17, 15) is 0 Å². The minimum Gasteiger partial charge on any atom is -0.381 e. The monoisotopic (exact) mass is 248 g/mol. The van der Waals surface area contributed by atoms with Crippen LogP contribution in [-0.2, 0) is 11.2 Å². The molecule has 17 heavy (non-hydrogen) atoms. The van der Waals surface area contributed by atoms with Gasteiger partial charge >= 0.3 is 0 Å². The zero-order chi connectivity index (χ0) is 12.1. The molecule has 1 aromatic heterocycles. The molecule has 0 saturated heterocycles. The molecular formula is C15H20OS. The lowest BCUT2D eigenvalue weighted by Crippen LogP contribution is -2.02. The molecule has 0 bridgehead atoms. The highest BCUT2D eigenvalue weighted by molar-refractivity contribution is 7.17. The van der Waals surface area contributed by atoms with Gasteiger partial charge in [-0.25, -0.2) is 0 Å². The van der Waals surface area contributed by atoms with Crippen LogP contribution in [0.3, 0.4) is 0 Å². The number of ether oxygens (including phenoxy) is 1. The first-order valence-electron chi connectivity index (χ1n) is 6.29. The minimum absolute atomic E-state index is 0.733. The average Bonchev–Trinajstić information content (AvgIpc) is 2.75. The highest BCUT2D eigenvalue weighted by Crippen LogP contribution is 2.21. The maximum atomic E-state index is 5.64. The topological polar surface area (TPSA) is 9.23 Å². The number of hydrogen-bond acceptors (Lipinski definition) is 2. The molecule has 0 radical (unpaired) electrons. The van der Waals surface area contributed by atoms with Crippen LogP contribution in [0.25, 0.3) is 10.1 Å². The molecule has 1 aromatic carbocycles. The predicted molar refractivity (Wildman–Crippen MR) is 75.8 cm³/mol. The lowest BCUT2D eigenvalue weighted by Gasteiger charge is -2.06. The van der Waals surface area contributed by atoms with Crippen LogP contribution in [0.4, 0.5) is 0 Å². The fraction of sp³-hybridized carbons (Fsp3) is 0.467. The van der Waals surface area contributed by atoms with E-state index in [1.807, 2.05) is 0 Å². The van der Waals surface area contributed by atoms with Gasteiger partial charge in [0.1, 0.15) is 0 Å². The molecule has 0 unspecified atom stereocenters. The van der Waals surface area contributed by atoms with E-state index in [2.05, 4.69) is 43.5 Å². The van der Waals surface area contributed by atoms with Gasteiger partial charge in [0.05, 0.1) is 6.61 Å². The van der Waals surface area contributed by atoms with Gasteiger partial charge in [0, 0.05) is 11.3 Å². The van der Waals surface area contributed by atoms with Gasteiger partial charge in [0.25, 0.3) is 0 Å². The van der Waals surface area contributed by atoms with Crippen molar-refractivity contribution in [2.45, 2.75) is 26.7 Å². The van der Waals surface area contributed by atoms with E-state index < -0.39 is 0 Å². The van der Waals surface area contributed by atoms with Crippen LogP contribution in [0.5, 0.6) is 0 Å². The van der Waals surface area contributed by atoms with Crippen molar-refractivity contribution in [2.75, 3.05) is 13.2 Å². The fourth-order valence-corrected chi connectivity index (χ4v) is 2.55. The first-order valence-corrected chi connectivity index (χ1v) is 7.17. The molecule has 0 aliphatic carbocycles. The van der Waals surface area contributed by atoms with Crippen molar-refractivity contribution in [3.8, 4) is 0 Å².